The maximum Gasteiger partial charge on any atom is 0.299 e. The summed E-state index contributed by atoms with van der Waals surface area (Å²) >= 11 is 6.34. The number of amides is 1. The van der Waals surface area contributed by atoms with Crippen molar-refractivity contribution in [2.24, 2.45) is 0 Å². The second-order valence-corrected chi connectivity index (χ2v) is 8.19. The fourth-order valence-electron chi connectivity index (χ4n) is 3.47. The molecular weight excluding hydrogens is 496 g/mol. The van der Waals surface area contributed by atoms with Crippen molar-refractivity contribution in [2.75, 3.05) is 32.7 Å². The average Bonchev–Trinajstić information content (AvgIpc) is 2.92. The molecule has 1 aromatic heterocycles. The van der Waals surface area contributed by atoms with Crippen LogP contribution >= 0.6 is 11.6 Å². The van der Waals surface area contributed by atoms with Gasteiger partial charge in [0.25, 0.3) is 11.5 Å². The van der Waals surface area contributed by atoms with Crippen molar-refractivity contribution < 1.29 is 19.0 Å². The van der Waals surface area contributed by atoms with Crippen LogP contribution in [0.1, 0.15) is 10.4 Å². The third-order valence-corrected chi connectivity index (χ3v) is 5.60. The third-order valence-electron chi connectivity index (χ3n) is 5.28. The second kappa shape index (κ2) is 12.1. The topological polar surface area (TPSA) is 104 Å². The van der Waals surface area contributed by atoms with Gasteiger partial charge in [0.2, 0.25) is 0 Å². The van der Waals surface area contributed by atoms with E-state index in [0.29, 0.717) is 46.6 Å². The lowest BCUT2D eigenvalue weighted by molar-refractivity contribution is 0.0937. The average molecular weight is 521 g/mol. The third kappa shape index (κ3) is 6.27. The van der Waals surface area contributed by atoms with Crippen LogP contribution in [0.5, 0.6) is 17.2 Å². The van der Waals surface area contributed by atoms with E-state index in [9.17, 15) is 9.59 Å². The van der Waals surface area contributed by atoms with Gasteiger partial charge in [-0.25, -0.2) is 0 Å². The number of methoxy groups -OCH3 is 2. The van der Waals surface area contributed by atoms with Crippen LogP contribution in [0.15, 0.2) is 83.8 Å². The van der Waals surface area contributed by atoms with Crippen LogP contribution in [0.2, 0.25) is 5.02 Å². The highest BCUT2D eigenvalue weighted by Gasteiger charge is 2.17. The van der Waals surface area contributed by atoms with Crippen molar-refractivity contribution in [3.63, 3.8) is 0 Å². The van der Waals surface area contributed by atoms with Crippen LogP contribution in [0.3, 0.4) is 0 Å². The Hall–Kier alpha value is -4.34. The van der Waals surface area contributed by atoms with Gasteiger partial charge >= 0.3 is 0 Å². The number of rotatable bonds is 10. The number of halogens is 1. The minimum atomic E-state index is -0.497. The Morgan fingerprint density at radius 3 is 2.57 bits per heavy atom. The Morgan fingerprint density at radius 2 is 1.78 bits per heavy atom. The second-order valence-electron chi connectivity index (χ2n) is 7.79. The zero-order valence-corrected chi connectivity index (χ0v) is 21.0. The summed E-state index contributed by atoms with van der Waals surface area (Å²) in [4.78, 5) is 26.1. The Morgan fingerprint density at radius 1 is 1.00 bits per heavy atom. The molecule has 4 aromatic rings. The van der Waals surface area contributed by atoms with Crippen LogP contribution in [-0.2, 0) is 4.74 Å². The number of carbonyl (C=O) groups is 1. The van der Waals surface area contributed by atoms with Gasteiger partial charge < -0.3 is 24.8 Å². The van der Waals surface area contributed by atoms with Gasteiger partial charge in [0.05, 0.1) is 30.6 Å². The molecule has 0 atom stereocenters. The molecule has 1 amide bonds. The summed E-state index contributed by atoms with van der Waals surface area (Å²) in [6, 6.07) is 20.6. The largest absolute Gasteiger partial charge is 0.497 e. The highest BCUT2D eigenvalue weighted by molar-refractivity contribution is 6.32. The molecule has 0 saturated carbocycles. The molecule has 37 heavy (non-hydrogen) atoms. The van der Waals surface area contributed by atoms with Gasteiger partial charge in [0, 0.05) is 31.0 Å². The molecule has 190 valence electrons. The maximum atomic E-state index is 13.6. The number of para-hydroxylation sites is 1. The van der Waals surface area contributed by atoms with E-state index in [1.165, 1.54) is 10.9 Å². The van der Waals surface area contributed by atoms with E-state index in [1.807, 2.05) is 0 Å². The first-order valence-corrected chi connectivity index (χ1v) is 11.7. The number of hydrogen-bond donors (Lipinski definition) is 2. The van der Waals surface area contributed by atoms with Crippen molar-refractivity contribution in [1.82, 2.24) is 15.1 Å². The first-order chi connectivity index (χ1) is 18.0. The quantitative estimate of drug-likeness (QED) is 0.289. The van der Waals surface area contributed by atoms with E-state index >= 15 is 0 Å². The van der Waals surface area contributed by atoms with Gasteiger partial charge in [-0.3, -0.25) is 9.59 Å². The Balaban J connectivity index is 1.74. The number of nitrogens with zero attached hydrogens (tertiary/aromatic N) is 2. The number of nitrogens with one attached hydrogen (secondary N) is 2. The minimum absolute atomic E-state index is 0.106. The summed E-state index contributed by atoms with van der Waals surface area (Å²) < 4.78 is 17.5. The number of ether oxygens (including phenoxy) is 3. The number of benzene rings is 3. The number of carbonyl (C=O) groups excluding carboxylic acids is 1. The van der Waals surface area contributed by atoms with E-state index < -0.39 is 5.56 Å². The predicted octanol–water partition coefficient (Wildman–Crippen LogP) is 4.81. The van der Waals surface area contributed by atoms with Gasteiger partial charge in [-0.2, -0.15) is 9.78 Å². The van der Waals surface area contributed by atoms with Crippen molar-refractivity contribution in [3.8, 4) is 22.9 Å². The minimum Gasteiger partial charge on any atom is -0.497 e. The van der Waals surface area contributed by atoms with Crippen molar-refractivity contribution >= 4 is 28.9 Å². The molecule has 3 aromatic carbocycles. The zero-order chi connectivity index (χ0) is 26.2. The standard InChI is InChI=1S/C27H25ClN4O5/c1-35-14-13-29-26(33)18-7-5-8-19(15-18)31-25-24(37-21-10-6-9-20(16-21)36-2)17-30-32(27(25)34)23-12-4-3-11-22(23)28/h3-12,15-17,31H,13-14H2,1-2H3,(H,29,33). The lowest BCUT2D eigenvalue weighted by atomic mass is 10.2. The molecule has 0 aliphatic rings. The molecule has 0 aliphatic heterocycles. The summed E-state index contributed by atoms with van der Waals surface area (Å²) in [5, 5.41) is 10.5. The maximum absolute atomic E-state index is 13.6. The van der Waals surface area contributed by atoms with Gasteiger partial charge in [-0.15, -0.1) is 0 Å². The molecule has 0 spiro atoms. The van der Waals surface area contributed by atoms with Crippen LogP contribution in [0, 0.1) is 0 Å². The van der Waals surface area contributed by atoms with Gasteiger partial charge in [0.15, 0.2) is 11.4 Å². The fourth-order valence-corrected chi connectivity index (χ4v) is 3.68. The van der Waals surface area contributed by atoms with Crippen molar-refractivity contribution in [1.29, 1.82) is 0 Å². The number of aromatic nitrogens is 2. The first-order valence-electron chi connectivity index (χ1n) is 11.3. The fraction of sp³-hybridized carbons (Fsp3) is 0.148. The summed E-state index contributed by atoms with van der Waals surface area (Å²) in [5.41, 5.74) is 0.940. The van der Waals surface area contributed by atoms with Gasteiger partial charge in [-0.05, 0) is 42.5 Å². The van der Waals surface area contributed by atoms with E-state index in [0.717, 1.165) is 0 Å². The molecular formula is C27H25ClN4O5. The van der Waals surface area contributed by atoms with Crippen molar-refractivity contribution in [2.45, 2.75) is 0 Å². The van der Waals surface area contributed by atoms with Crippen LogP contribution in [0.4, 0.5) is 11.4 Å². The molecule has 9 nitrogen and oxygen atoms in total. The van der Waals surface area contributed by atoms with E-state index in [4.69, 9.17) is 25.8 Å². The van der Waals surface area contributed by atoms with Gasteiger partial charge in [-0.1, -0.05) is 35.9 Å². The molecule has 0 radical (unpaired) electrons. The monoisotopic (exact) mass is 520 g/mol. The number of hydrogen-bond acceptors (Lipinski definition) is 7. The Labute approximate surface area is 218 Å². The SMILES string of the molecule is COCCNC(=O)c1cccc(Nc2c(Oc3cccc(OC)c3)cnn(-c3ccccc3Cl)c2=O)c1. The summed E-state index contributed by atoms with van der Waals surface area (Å²) in [6.45, 7) is 0.770. The van der Waals surface area contributed by atoms with Crippen LogP contribution < -0.4 is 25.7 Å². The highest BCUT2D eigenvalue weighted by atomic mass is 35.5. The smallest absolute Gasteiger partial charge is 0.299 e. The summed E-state index contributed by atoms with van der Waals surface area (Å²) in [6.07, 6.45) is 1.42. The predicted molar refractivity (Wildman–Crippen MR) is 142 cm³/mol. The van der Waals surface area contributed by atoms with E-state index in [1.54, 1.807) is 87.0 Å². The van der Waals surface area contributed by atoms with Gasteiger partial charge in [0.1, 0.15) is 11.5 Å². The molecule has 0 aliphatic carbocycles. The van der Waals surface area contributed by atoms with Crippen LogP contribution in [-0.4, -0.2) is 43.1 Å². The summed E-state index contributed by atoms with van der Waals surface area (Å²) in [7, 11) is 3.11. The highest BCUT2D eigenvalue weighted by Crippen LogP contribution is 2.31. The first kappa shape index (κ1) is 25.7. The van der Waals surface area contributed by atoms with E-state index in [2.05, 4.69) is 15.7 Å². The molecule has 0 bridgehead atoms. The molecule has 0 fully saturated rings. The Bertz CT molecular complexity index is 1460. The van der Waals surface area contributed by atoms with E-state index in [-0.39, 0.29) is 17.3 Å². The zero-order valence-electron chi connectivity index (χ0n) is 20.2. The molecule has 10 heteroatoms. The molecule has 2 N–H and O–H groups in total. The van der Waals surface area contributed by atoms with Crippen LogP contribution in [0.25, 0.3) is 5.69 Å². The lowest BCUT2D eigenvalue weighted by Crippen LogP contribution is -2.27. The number of anilines is 2. The molecule has 1 heterocycles. The lowest BCUT2D eigenvalue weighted by Gasteiger charge is -2.16. The molecule has 0 saturated heterocycles. The summed E-state index contributed by atoms with van der Waals surface area (Å²) in [5.74, 6) is 0.954. The Kier molecular flexibility index (Phi) is 8.40. The molecule has 4 rings (SSSR count). The molecule has 0 unspecified atom stereocenters. The van der Waals surface area contributed by atoms with Crippen molar-refractivity contribution in [3.05, 3.63) is 99.9 Å². The normalized spacial score (nSPS) is 10.6.